The summed E-state index contributed by atoms with van der Waals surface area (Å²) in [6, 6.07) is 9.00. The van der Waals surface area contributed by atoms with Gasteiger partial charge in [0.15, 0.2) is 0 Å². The lowest BCUT2D eigenvalue weighted by Crippen LogP contribution is -2.25. The summed E-state index contributed by atoms with van der Waals surface area (Å²) in [6.45, 7) is 8.53. The average molecular weight is 425 g/mol. The first-order valence-corrected chi connectivity index (χ1v) is 9.92. The molecule has 1 unspecified atom stereocenters. The number of hydrogen-bond donors (Lipinski definition) is 4. The maximum atomic E-state index is 9.55. The Labute approximate surface area is 179 Å². The van der Waals surface area contributed by atoms with Gasteiger partial charge in [-0.1, -0.05) is 45.0 Å². The number of rotatable bonds is 12. The number of hydroxylamine groups is 1. The van der Waals surface area contributed by atoms with Crippen LogP contribution in [0, 0.1) is 0 Å². The van der Waals surface area contributed by atoms with Crippen molar-refractivity contribution >= 4 is 11.9 Å². The van der Waals surface area contributed by atoms with E-state index < -0.39 is 11.9 Å². The van der Waals surface area contributed by atoms with Crippen molar-refractivity contribution in [2.75, 3.05) is 26.9 Å². The van der Waals surface area contributed by atoms with Gasteiger partial charge in [-0.2, -0.15) is 5.48 Å². The lowest BCUT2D eigenvalue weighted by atomic mass is 9.86. The Bertz CT molecular complexity index is 622. The molecule has 1 aromatic rings. The lowest BCUT2D eigenvalue weighted by Gasteiger charge is -2.22. The third kappa shape index (κ3) is 13.8. The average Bonchev–Trinajstić information content (AvgIpc) is 2.68. The molecule has 0 radical (unpaired) electrons. The van der Waals surface area contributed by atoms with E-state index in [4.69, 9.17) is 25.5 Å². The van der Waals surface area contributed by atoms with Gasteiger partial charge in [-0.3, -0.25) is 4.84 Å². The number of nitrogens with one attached hydrogen (secondary N) is 1. The fourth-order valence-electron chi connectivity index (χ4n) is 2.46. The Morgan fingerprint density at radius 3 is 2.07 bits per heavy atom. The van der Waals surface area contributed by atoms with Crippen molar-refractivity contribution in [1.29, 1.82) is 0 Å². The van der Waals surface area contributed by atoms with E-state index in [2.05, 4.69) is 50.5 Å². The van der Waals surface area contributed by atoms with E-state index in [1.165, 1.54) is 11.1 Å². The number of methoxy groups -OCH3 is 1. The van der Waals surface area contributed by atoms with Crippen molar-refractivity contribution in [1.82, 2.24) is 5.48 Å². The second-order valence-corrected chi connectivity index (χ2v) is 7.68. The quantitative estimate of drug-likeness (QED) is 0.229. The first-order valence-electron chi connectivity index (χ1n) is 9.92. The van der Waals surface area contributed by atoms with Gasteiger partial charge in [0.05, 0.1) is 12.6 Å². The van der Waals surface area contributed by atoms with Gasteiger partial charge in [0, 0.05) is 32.4 Å². The molecular formula is C22H36N2O6. The molecule has 5 N–H and O–H groups in total. The standard InChI is InChI=1S/C18H32N2O2.C4H4O4/c1-18(2,3)16-10-8-15(9-11-16)17(20-22-14-12-19)7-5-6-13-21-4;5-3(6)1-2-4(7)8/h8-11,17,20H,5-7,12-14,19H2,1-4H3;1-2H,(H,5,6)(H,7,8)/b;2-1+. The molecule has 1 aromatic carbocycles. The molecule has 0 aliphatic carbocycles. The highest BCUT2D eigenvalue weighted by Crippen LogP contribution is 2.25. The summed E-state index contributed by atoms with van der Waals surface area (Å²) in [5, 5.41) is 15.6. The molecule has 0 aromatic heterocycles. The Morgan fingerprint density at radius 1 is 1.07 bits per heavy atom. The molecule has 1 rings (SSSR count). The van der Waals surface area contributed by atoms with Crippen molar-refractivity contribution < 1.29 is 29.4 Å². The monoisotopic (exact) mass is 424 g/mol. The van der Waals surface area contributed by atoms with E-state index in [1.807, 2.05) is 0 Å². The Kier molecular flexibility index (Phi) is 14.4. The Hall–Kier alpha value is -2.26. The maximum absolute atomic E-state index is 9.55. The van der Waals surface area contributed by atoms with Gasteiger partial charge in [0.25, 0.3) is 0 Å². The second kappa shape index (κ2) is 15.6. The van der Waals surface area contributed by atoms with E-state index in [1.54, 1.807) is 7.11 Å². The highest BCUT2D eigenvalue weighted by Gasteiger charge is 2.16. The minimum atomic E-state index is -1.26. The molecule has 0 aliphatic heterocycles. The summed E-state index contributed by atoms with van der Waals surface area (Å²) in [5.41, 5.74) is 11.4. The van der Waals surface area contributed by atoms with Crippen LogP contribution in [-0.4, -0.2) is 49.0 Å². The Morgan fingerprint density at radius 2 is 1.63 bits per heavy atom. The fraction of sp³-hybridized carbons (Fsp3) is 0.545. The molecule has 170 valence electrons. The van der Waals surface area contributed by atoms with Gasteiger partial charge in [0.2, 0.25) is 0 Å². The molecule has 8 nitrogen and oxygen atoms in total. The van der Waals surface area contributed by atoms with Gasteiger partial charge >= 0.3 is 11.9 Å². The number of benzene rings is 1. The number of unbranched alkanes of at least 4 members (excludes halogenated alkanes) is 1. The highest BCUT2D eigenvalue weighted by molar-refractivity contribution is 5.89. The fourth-order valence-corrected chi connectivity index (χ4v) is 2.46. The second-order valence-electron chi connectivity index (χ2n) is 7.68. The number of carboxylic acid groups (broad SMARTS) is 2. The molecule has 0 fully saturated rings. The van der Waals surface area contributed by atoms with Crippen LogP contribution in [0.2, 0.25) is 0 Å². The van der Waals surface area contributed by atoms with Gasteiger partial charge in [-0.05, 0) is 35.8 Å². The normalized spacial score (nSPS) is 12.3. The summed E-state index contributed by atoms with van der Waals surface area (Å²) in [6.07, 6.45) is 4.29. The van der Waals surface area contributed by atoms with Crippen LogP contribution in [0.25, 0.3) is 0 Å². The molecule has 0 heterocycles. The smallest absolute Gasteiger partial charge is 0.328 e. The molecule has 1 atom stereocenters. The van der Waals surface area contributed by atoms with Gasteiger partial charge in [-0.25, -0.2) is 9.59 Å². The zero-order valence-corrected chi connectivity index (χ0v) is 18.4. The first-order chi connectivity index (χ1) is 14.1. The van der Waals surface area contributed by atoms with Crippen molar-refractivity contribution in [2.24, 2.45) is 5.73 Å². The number of aliphatic carboxylic acids is 2. The minimum absolute atomic E-state index is 0.177. The molecular weight excluding hydrogens is 388 g/mol. The topological polar surface area (TPSA) is 131 Å². The SMILES string of the molecule is COCCCCC(NOCCN)c1ccc(C(C)(C)C)cc1.O=C(O)/C=C/C(=O)O. The summed E-state index contributed by atoms with van der Waals surface area (Å²) in [4.78, 5) is 24.6. The molecule has 0 saturated heterocycles. The van der Waals surface area contributed by atoms with Crippen molar-refractivity contribution in [3.63, 3.8) is 0 Å². The van der Waals surface area contributed by atoms with Crippen LogP contribution in [0.15, 0.2) is 36.4 Å². The molecule has 0 spiro atoms. The summed E-state index contributed by atoms with van der Waals surface area (Å²) in [7, 11) is 1.74. The van der Waals surface area contributed by atoms with Crippen LogP contribution in [0.5, 0.6) is 0 Å². The number of hydrogen-bond acceptors (Lipinski definition) is 6. The number of carboxylic acids is 2. The van der Waals surface area contributed by atoms with Crippen LogP contribution < -0.4 is 11.2 Å². The van der Waals surface area contributed by atoms with Crippen LogP contribution in [0.3, 0.4) is 0 Å². The summed E-state index contributed by atoms with van der Waals surface area (Å²) in [5.74, 6) is -2.51. The van der Waals surface area contributed by atoms with Gasteiger partial charge in [-0.15, -0.1) is 0 Å². The number of ether oxygens (including phenoxy) is 1. The molecule has 8 heteroatoms. The molecule has 0 amide bonds. The third-order valence-corrected chi connectivity index (χ3v) is 4.08. The minimum Gasteiger partial charge on any atom is -0.478 e. The zero-order chi connectivity index (χ0) is 23.0. The predicted octanol–water partition coefficient (Wildman–Crippen LogP) is 3.03. The first kappa shape index (κ1) is 27.7. The van der Waals surface area contributed by atoms with Crippen LogP contribution >= 0.6 is 0 Å². The largest absolute Gasteiger partial charge is 0.478 e. The van der Waals surface area contributed by atoms with E-state index in [9.17, 15) is 9.59 Å². The Balaban J connectivity index is 0.000000890. The van der Waals surface area contributed by atoms with E-state index in [0.717, 1.165) is 25.9 Å². The van der Waals surface area contributed by atoms with E-state index in [-0.39, 0.29) is 11.5 Å². The van der Waals surface area contributed by atoms with E-state index in [0.29, 0.717) is 25.3 Å². The van der Waals surface area contributed by atoms with Crippen molar-refractivity contribution in [3.05, 3.63) is 47.5 Å². The van der Waals surface area contributed by atoms with Crippen LogP contribution in [-0.2, 0) is 24.6 Å². The highest BCUT2D eigenvalue weighted by atomic mass is 16.6. The third-order valence-electron chi connectivity index (χ3n) is 4.08. The molecule has 0 saturated carbocycles. The van der Waals surface area contributed by atoms with Crippen LogP contribution in [0.1, 0.15) is 57.2 Å². The van der Waals surface area contributed by atoms with Crippen molar-refractivity contribution in [3.8, 4) is 0 Å². The van der Waals surface area contributed by atoms with Crippen LogP contribution in [0.4, 0.5) is 0 Å². The summed E-state index contributed by atoms with van der Waals surface area (Å²) < 4.78 is 5.11. The summed E-state index contributed by atoms with van der Waals surface area (Å²) >= 11 is 0. The lowest BCUT2D eigenvalue weighted by molar-refractivity contribution is -0.134. The molecule has 0 aliphatic rings. The number of carbonyl (C=O) groups is 2. The van der Waals surface area contributed by atoms with Gasteiger partial charge in [0.1, 0.15) is 0 Å². The number of nitrogens with two attached hydrogens (primary N) is 1. The molecule has 0 bridgehead atoms. The van der Waals surface area contributed by atoms with E-state index >= 15 is 0 Å². The molecule has 30 heavy (non-hydrogen) atoms. The van der Waals surface area contributed by atoms with Crippen molar-refractivity contribution in [2.45, 2.75) is 51.5 Å². The predicted molar refractivity (Wildman–Crippen MR) is 116 cm³/mol. The van der Waals surface area contributed by atoms with Gasteiger partial charge < -0.3 is 20.7 Å². The maximum Gasteiger partial charge on any atom is 0.328 e. The zero-order valence-electron chi connectivity index (χ0n) is 18.4.